The summed E-state index contributed by atoms with van der Waals surface area (Å²) in [5.41, 5.74) is 0.0827. The van der Waals surface area contributed by atoms with Crippen LogP contribution in [0.4, 0.5) is 9.05 Å². The fraction of sp³-hybridized carbons (Fsp3) is 0.680. The molecule has 0 saturated carbocycles. The second-order valence-electron chi connectivity index (χ2n) is 9.05. The molecule has 1 rings (SSSR count). The van der Waals surface area contributed by atoms with Crippen molar-refractivity contribution in [1.82, 2.24) is 5.32 Å². The second kappa shape index (κ2) is 18.0. The van der Waals surface area contributed by atoms with Crippen molar-refractivity contribution in [2.24, 2.45) is 5.92 Å². The molecule has 0 bridgehead atoms. The summed E-state index contributed by atoms with van der Waals surface area (Å²) >= 11 is 0. The maximum Gasteiger partial charge on any atom is 0.305 e. The third-order valence-corrected chi connectivity index (χ3v) is 4.46. The molecule has 0 heterocycles. The topological polar surface area (TPSA) is 83.1 Å². The van der Waals surface area contributed by atoms with Gasteiger partial charge in [-0.05, 0) is 56.7 Å². The number of nitrogens with one attached hydrogen (secondary N) is 1. The number of benzene rings is 1. The van der Waals surface area contributed by atoms with Gasteiger partial charge in [-0.15, -0.1) is 0 Å². The van der Waals surface area contributed by atoms with E-state index in [1.165, 1.54) is 24.6 Å². The number of halogens is 2. The summed E-state index contributed by atoms with van der Waals surface area (Å²) in [5, 5.41) is 2.71. The zero-order valence-electron chi connectivity index (χ0n) is 21.4. The van der Waals surface area contributed by atoms with Crippen LogP contribution in [0.2, 0.25) is 0 Å². The van der Waals surface area contributed by atoms with Crippen molar-refractivity contribution < 1.29 is 38.0 Å². The van der Waals surface area contributed by atoms with Crippen LogP contribution in [0, 0.1) is 5.92 Å². The molecule has 0 radical (unpaired) electrons. The van der Waals surface area contributed by atoms with E-state index >= 15 is 0 Å². The summed E-state index contributed by atoms with van der Waals surface area (Å²) in [5.74, 6) is -0.785. The van der Waals surface area contributed by atoms with Crippen LogP contribution in [-0.2, 0) is 25.5 Å². The van der Waals surface area contributed by atoms with Gasteiger partial charge in [-0.2, -0.15) is 0 Å². The minimum absolute atomic E-state index is 0.136. The predicted octanol–water partition coefficient (Wildman–Crippen LogP) is 5.84. The van der Waals surface area contributed by atoms with Crippen LogP contribution in [0.25, 0.3) is 0 Å². The Kier molecular flexibility index (Phi) is 16.7. The summed E-state index contributed by atoms with van der Waals surface area (Å²) < 4.78 is 35.5. The first-order chi connectivity index (χ1) is 16.1. The van der Waals surface area contributed by atoms with Crippen LogP contribution < -0.4 is 15.2 Å². The molecular weight excluding hydrogens is 448 g/mol. The fourth-order valence-corrected chi connectivity index (χ4v) is 2.60. The van der Waals surface area contributed by atoms with E-state index in [9.17, 15) is 18.6 Å². The first kappa shape index (κ1) is 31.6. The molecule has 0 aliphatic carbocycles. The molecule has 1 N–H and O–H groups in total. The highest BCUT2D eigenvalue weighted by molar-refractivity contribution is 5.77. The molecule has 1 aromatic rings. The lowest BCUT2D eigenvalue weighted by molar-refractivity contribution is -0.153. The Labute approximate surface area is 202 Å². The zero-order valence-corrected chi connectivity index (χ0v) is 21.4. The Balaban J connectivity index is 0.00000343. The second-order valence-corrected chi connectivity index (χ2v) is 9.05. The van der Waals surface area contributed by atoms with E-state index in [0.717, 1.165) is 6.42 Å². The molecule has 1 amide bonds. The number of rotatable bonds is 15. The van der Waals surface area contributed by atoms with E-state index in [1.807, 2.05) is 13.8 Å². The van der Waals surface area contributed by atoms with Crippen molar-refractivity contribution in [2.45, 2.75) is 85.7 Å². The predicted molar refractivity (Wildman–Crippen MR) is 127 cm³/mol. The van der Waals surface area contributed by atoms with Crippen LogP contribution in [0.15, 0.2) is 18.2 Å². The van der Waals surface area contributed by atoms with Gasteiger partial charge in [0.15, 0.2) is 0 Å². The zero-order chi connectivity index (χ0) is 26.0. The third kappa shape index (κ3) is 15.4. The maximum absolute atomic E-state index is 12.4. The van der Waals surface area contributed by atoms with Crippen LogP contribution >= 0.6 is 0 Å². The summed E-state index contributed by atoms with van der Waals surface area (Å²) in [6, 6.07) is 4.05. The fourth-order valence-electron chi connectivity index (χ4n) is 2.60. The average Bonchev–Trinajstić information content (AvgIpc) is 2.78. The van der Waals surface area contributed by atoms with Gasteiger partial charge in [0.2, 0.25) is 17.4 Å². The molecular formula is C25H41F2NO6. The largest absolute Gasteiger partial charge is 0.463 e. The van der Waals surface area contributed by atoms with Crippen LogP contribution in [0.5, 0.6) is 11.5 Å². The van der Waals surface area contributed by atoms with Crippen LogP contribution in [-0.4, -0.2) is 37.2 Å². The van der Waals surface area contributed by atoms with Crippen molar-refractivity contribution in [3.8, 4) is 11.5 Å². The van der Waals surface area contributed by atoms with Crippen molar-refractivity contribution >= 4 is 11.9 Å². The van der Waals surface area contributed by atoms with E-state index in [4.69, 9.17) is 9.47 Å². The summed E-state index contributed by atoms with van der Waals surface area (Å²) in [6.07, 6.45) is 3.26. The SMILES string of the molecule is CC(C)CCOC(C)(C)COC(=O)CCCC(=O)NCCc1ccc(OF)c(OF)c1.CCC. The minimum atomic E-state index is -0.552. The molecule has 0 atom stereocenters. The first-order valence-electron chi connectivity index (χ1n) is 11.8. The highest BCUT2D eigenvalue weighted by atomic mass is 19.3. The molecule has 0 spiro atoms. The number of ether oxygens (including phenoxy) is 2. The number of amides is 1. The molecule has 0 fully saturated rings. The van der Waals surface area contributed by atoms with Gasteiger partial charge in [-0.3, -0.25) is 19.5 Å². The van der Waals surface area contributed by atoms with Gasteiger partial charge in [0, 0.05) is 35.0 Å². The van der Waals surface area contributed by atoms with Gasteiger partial charge < -0.3 is 14.8 Å². The molecule has 0 aliphatic heterocycles. The quantitative estimate of drug-likeness (QED) is 0.312. The van der Waals surface area contributed by atoms with E-state index in [1.54, 1.807) is 0 Å². The van der Waals surface area contributed by atoms with Gasteiger partial charge >= 0.3 is 5.97 Å². The molecule has 0 unspecified atom stereocenters. The molecule has 0 saturated heterocycles. The van der Waals surface area contributed by atoms with E-state index in [0.29, 0.717) is 37.5 Å². The van der Waals surface area contributed by atoms with Gasteiger partial charge in [0.1, 0.15) is 6.61 Å². The van der Waals surface area contributed by atoms with E-state index < -0.39 is 5.60 Å². The smallest absolute Gasteiger partial charge is 0.305 e. The Hall–Kier alpha value is -2.42. The average molecular weight is 490 g/mol. The van der Waals surface area contributed by atoms with Gasteiger partial charge in [-0.1, -0.05) is 40.2 Å². The third-order valence-electron chi connectivity index (χ3n) is 4.46. The lowest BCUT2D eigenvalue weighted by atomic mass is 10.1. The normalized spacial score (nSPS) is 10.9. The molecule has 0 aliphatic rings. The molecule has 196 valence electrons. The van der Waals surface area contributed by atoms with Gasteiger partial charge in [0.05, 0.1) is 5.60 Å². The molecule has 0 aromatic heterocycles. The minimum Gasteiger partial charge on any atom is -0.463 e. The van der Waals surface area contributed by atoms with E-state index in [-0.39, 0.29) is 42.8 Å². The van der Waals surface area contributed by atoms with Gasteiger partial charge in [-0.25, -0.2) is 0 Å². The monoisotopic (exact) mass is 489 g/mol. The first-order valence-corrected chi connectivity index (χ1v) is 11.8. The molecule has 34 heavy (non-hydrogen) atoms. The molecule has 9 heteroatoms. The highest BCUT2D eigenvalue weighted by Gasteiger charge is 2.21. The number of carbonyl (C=O) groups is 2. The lowest BCUT2D eigenvalue weighted by Gasteiger charge is -2.25. The Morgan fingerprint density at radius 1 is 1.06 bits per heavy atom. The summed E-state index contributed by atoms with van der Waals surface area (Å²) in [6.45, 7) is 13.3. The maximum atomic E-state index is 12.4. The Morgan fingerprint density at radius 2 is 1.71 bits per heavy atom. The highest BCUT2D eigenvalue weighted by Crippen LogP contribution is 2.29. The van der Waals surface area contributed by atoms with E-state index in [2.05, 4.69) is 42.9 Å². The standard InChI is InChI=1S/C22H33F2NO6.C3H8/c1-16(2)11-13-29-22(3,4)15-28-21(27)7-5-6-20(26)25-12-10-17-8-9-18(30-23)19(14-17)31-24;1-3-2/h8-9,14,16H,5-7,10-13,15H2,1-4H3,(H,25,26);3H2,1-2H3. The van der Waals surface area contributed by atoms with Gasteiger partial charge in [0.25, 0.3) is 0 Å². The van der Waals surface area contributed by atoms with Crippen molar-refractivity contribution in [2.75, 3.05) is 19.8 Å². The van der Waals surface area contributed by atoms with Crippen molar-refractivity contribution in [1.29, 1.82) is 0 Å². The Bertz CT molecular complexity index is 713. The summed E-state index contributed by atoms with van der Waals surface area (Å²) in [4.78, 5) is 30.8. The molecule has 7 nitrogen and oxygen atoms in total. The number of hydrogen-bond acceptors (Lipinski definition) is 6. The lowest BCUT2D eigenvalue weighted by Crippen LogP contribution is -2.32. The van der Waals surface area contributed by atoms with Crippen molar-refractivity contribution in [3.05, 3.63) is 23.8 Å². The number of hydrogen-bond donors (Lipinski definition) is 1. The summed E-state index contributed by atoms with van der Waals surface area (Å²) in [7, 11) is 0. The van der Waals surface area contributed by atoms with Crippen LogP contribution in [0.1, 0.15) is 79.2 Å². The number of carbonyl (C=O) groups excluding carboxylic acids is 2. The van der Waals surface area contributed by atoms with Crippen molar-refractivity contribution in [3.63, 3.8) is 0 Å². The molecule has 1 aromatic carbocycles. The Morgan fingerprint density at radius 3 is 2.29 bits per heavy atom. The van der Waals surface area contributed by atoms with Crippen LogP contribution in [0.3, 0.4) is 0 Å². The number of esters is 1.